The Balaban J connectivity index is 1.83. The van der Waals surface area contributed by atoms with E-state index in [2.05, 4.69) is 25.9 Å². The number of nitriles is 1. The molecule has 2 atom stereocenters. The highest BCUT2D eigenvalue weighted by atomic mass is 16.7. The number of aromatic nitrogens is 3. The Bertz CT molecular complexity index is 902. The van der Waals surface area contributed by atoms with Gasteiger partial charge in [-0.05, 0) is 25.0 Å². The quantitative estimate of drug-likeness (QED) is 0.444. The highest BCUT2D eigenvalue weighted by Crippen LogP contribution is 2.40. The number of hydrogen-bond donors (Lipinski definition) is 0. The lowest BCUT2D eigenvalue weighted by atomic mass is 10.0. The number of carbonyl (C=O) groups excluding carboxylic acids is 1. The van der Waals surface area contributed by atoms with Gasteiger partial charge in [0.15, 0.2) is 11.4 Å². The molecule has 0 bridgehead atoms. The summed E-state index contributed by atoms with van der Waals surface area (Å²) >= 11 is 0. The van der Waals surface area contributed by atoms with Crippen molar-refractivity contribution in [2.24, 2.45) is 4.99 Å². The average molecular weight is 372 g/mol. The molecule has 0 saturated carbocycles. The summed E-state index contributed by atoms with van der Waals surface area (Å²) in [5, 5.41) is 13.8. The molecule has 1 aliphatic heterocycles. The first-order chi connectivity index (χ1) is 13.0. The minimum atomic E-state index is -1.21. The van der Waals surface area contributed by atoms with Crippen molar-refractivity contribution < 1.29 is 19.0 Å². The Labute approximate surface area is 156 Å². The van der Waals surface area contributed by atoms with E-state index in [0.29, 0.717) is 18.7 Å². The highest BCUT2D eigenvalue weighted by Gasteiger charge is 2.43. The van der Waals surface area contributed by atoms with Crippen LogP contribution in [0.15, 0.2) is 23.5 Å². The van der Waals surface area contributed by atoms with Crippen LogP contribution in [0, 0.1) is 11.3 Å². The van der Waals surface area contributed by atoms with E-state index >= 15 is 0 Å². The largest absolute Gasteiger partial charge is 0.508 e. The summed E-state index contributed by atoms with van der Waals surface area (Å²) in [5.41, 5.74) is 0.306. The molecule has 1 saturated heterocycles. The van der Waals surface area contributed by atoms with Crippen LogP contribution in [0.1, 0.15) is 24.6 Å². The van der Waals surface area contributed by atoms with Crippen LogP contribution in [0.25, 0.3) is 5.52 Å². The third-order valence-corrected chi connectivity index (χ3v) is 4.17. The number of methoxy groups -OCH3 is 1. The molecule has 2 aromatic heterocycles. The first-order valence-corrected chi connectivity index (χ1v) is 8.31. The fraction of sp³-hybridized carbons (Fsp3) is 0.471. The number of fused-ring (bicyclic) bond motifs is 1. The molecular weight excluding hydrogens is 352 g/mol. The van der Waals surface area contributed by atoms with Crippen molar-refractivity contribution in [2.75, 3.05) is 27.8 Å². The van der Waals surface area contributed by atoms with Crippen molar-refractivity contribution in [2.45, 2.75) is 24.5 Å². The minimum Gasteiger partial charge on any atom is -0.438 e. The van der Waals surface area contributed by atoms with Gasteiger partial charge < -0.3 is 19.1 Å². The molecular formula is C17H20N6O4. The number of carbonyl (C=O) groups is 1. The maximum Gasteiger partial charge on any atom is 0.508 e. The Morgan fingerprint density at radius 2 is 2.41 bits per heavy atom. The second kappa shape index (κ2) is 7.59. The van der Waals surface area contributed by atoms with E-state index < -0.39 is 11.8 Å². The predicted octanol–water partition coefficient (Wildman–Crippen LogP) is 1.85. The number of rotatable bonds is 5. The molecule has 10 nitrogen and oxygen atoms in total. The van der Waals surface area contributed by atoms with Gasteiger partial charge in [-0.2, -0.15) is 10.4 Å². The Kier molecular flexibility index (Phi) is 5.23. The maximum atomic E-state index is 11.2. The smallest absolute Gasteiger partial charge is 0.438 e. The van der Waals surface area contributed by atoms with Gasteiger partial charge in [0, 0.05) is 14.1 Å². The summed E-state index contributed by atoms with van der Waals surface area (Å²) in [6.07, 6.45) is 2.88. The van der Waals surface area contributed by atoms with Gasteiger partial charge in [-0.3, -0.25) is 0 Å². The molecule has 0 unspecified atom stereocenters. The van der Waals surface area contributed by atoms with Gasteiger partial charge in [-0.25, -0.2) is 19.3 Å². The van der Waals surface area contributed by atoms with Gasteiger partial charge in [-0.1, -0.05) is 0 Å². The van der Waals surface area contributed by atoms with Gasteiger partial charge in [-0.15, -0.1) is 0 Å². The first kappa shape index (κ1) is 18.6. The lowest BCUT2D eigenvalue weighted by Crippen LogP contribution is -2.33. The summed E-state index contributed by atoms with van der Waals surface area (Å²) in [4.78, 5) is 21.6. The molecule has 142 valence electrons. The summed E-state index contributed by atoms with van der Waals surface area (Å²) in [6, 6.07) is 5.85. The van der Waals surface area contributed by atoms with Crippen LogP contribution < -0.4 is 0 Å². The highest BCUT2D eigenvalue weighted by molar-refractivity contribution is 5.70. The van der Waals surface area contributed by atoms with E-state index in [-0.39, 0.29) is 12.7 Å². The maximum absolute atomic E-state index is 11.2. The van der Waals surface area contributed by atoms with Gasteiger partial charge in [0.2, 0.25) is 0 Å². The van der Waals surface area contributed by atoms with Crippen molar-refractivity contribution in [3.8, 4) is 6.07 Å². The second-order valence-corrected chi connectivity index (χ2v) is 6.34. The lowest BCUT2D eigenvalue weighted by molar-refractivity contribution is -0.0524. The standard InChI is InChI=1S/C17H20N6O4/c1-22(2)11-20-15-13-5-4-12(23(13)21-10-19-15)14-6-7-17(8-18,27-14)9-26-16(24)25-3/h4-5,10-11,14H,6-7,9H2,1-3H3/t14-,17-/m1/s1. The third-order valence-electron chi connectivity index (χ3n) is 4.17. The topological polar surface area (TPSA) is 114 Å². The van der Waals surface area contributed by atoms with Crippen LogP contribution >= 0.6 is 0 Å². The Hall–Kier alpha value is -3.19. The van der Waals surface area contributed by atoms with Crippen LogP contribution in [-0.2, 0) is 14.2 Å². The van der Waals surface area contributed by atoms with Crippen LogP contribution in [-0.4, -0.2) is 65.4 Å². The van der Waals surface area contributed by atoms with E-state index in [1.54, 1.807) is 10.9 Å². The minimum absolute atomic E-state index is 0.191. The summed E-state index contributed by atoms with van der Waals surface area (Å²) in [7, 11) is 4.95. The Morgan fingerprint density at radius 3 is 3.11 bits per heavy atom. The molecule has 10 heteroatoms. The van der Waals surface area contributed by atoms with Gasteiger partial charge in [0.25, 0.3) is 0 Å². The zero-order chi connectivity index (χ0) is 19.4. The van der Waals surface area contributed by atoms with E-state index in [1.807, 2.05) is 31.1 Å². The molecule has 3 heterocycles. The van der Waals surface area contributed by atoms with Crippen molar-refractivity contribution in [1.29, 1.82) is 5.26 Å². The Morgan fingerprint density at radius 1 is 1.59 bits per heavy atom. The van der Waals surface area contributed by atoms with Crippen molar-refractivity contribution in [1.82, 2.24) is 19.5 Å². The summed E-state index contributed by atoms with van der Waals surface area (Å²) in [5.74, 6) is 0.531. The number of hydrogen-bond acceptors (Lipinski definition) is 8. The fourth-order valence-electron chi connectivity index (χ4n) is 2.87. The molecule has 0 aliphatic carbocycles. The number of aliphatic imine (C=N–C) groups is 1. The molecule has 1 fully saturated rings. The lowest BCUT2D eigenvalue weighted by Gasteiger charge is -2.21. The number of ether oxygens (including phenoxy) is 3. The van der Waals surface area contributed by atoms with Crippen molar-refractivity contribution in [3.63, 3.8) is 0 Å². The van der Waals surface area contributed by atoms with Crippen molar-refractivity contribution in [3.05, 3.63) is 24.2 Å². The van der Waals surface area contributed by atoms with Crippen LogP contribution in [0.3, 0.4) is 0 Å². The molecule has 0 amide bonds. The summed E-state index contributed by atoms with van der Waals surface area (Å²) < 4.78 is 17.0. The molecule has 0 radical (unpaired) electrons. The molecule has 0 N–H and O–H groups in total. The summed E-state index contributed by atoms with van der Waals surface area (Å²) in [6.45, 7) is -0.191. The number of nitrogens with zero attached hydrogens (tertiary/aromatic N) is 6. The van der Waals surface area contributed by atoms with E-state index in [9.17, 15) is 10.1 Å². The van der Waals surface area contributed by atoms with Crippen LogP contribution in [0.5, 0.6) is 0 Å². The zero-order valence-corrected chi connectivity index (χ0v) is 15.3. The molecule has 3 rings (SSSR count). The molecule has 2 aromatic rings. The molecule has 0 spiro atoms. The van der Waals surface area contributed by atoms with E-state index in [1.165, 1.54) is 13.4 Å². The zero-order valence-electron chi connectivity index (χ0n) is 15.3. The normalized spacial score (nSPS) is 22.1. The second-order valence-electron chi connectivity index (χ2n) is 6.34. The predicted molar refractivity (Wildman–Crippen MR) is 94.6 cm³/mol. The monoisotopic (exact) mass is 372 g/mol. The van der Waals surface area contributed by atoms with Gasteiger partial charge in [0.1, 0.15) is 30.6 Å². The fourth-order valence-corrected chi connectivity index (χ4v) is 2.87. The molecule has 27 heavy (non-hydrogen) atoms. The van der Waals surface area contributed by atoms with E-state index in [4.69, 9.17) is 9.47 Å². The molecule has 0 aromatic carbocycles. The van der Waals surface area contributed by atoms with Crippen LogP contribution in [0.2, 0.25) is 0 Å². The van der Waals surface area contributed by atoms with E-state index in [0.717, 1.165) is 11.2 Å². The molecule has 1 aliphatic rings. The third kappa shape index (κ3) is 3.83. The SMILES string of the molecule is COC(=O)OC[C@]1(C#N)CC[C@H](c2ccc3c(N=CN(C)C)ncnn23)O1. The van der Waals surface area contributed by atoms with Crippen LogP contribution in [0.4, 0.5) is 10.6 Å². The average Bonchev–Trinajstić information content (AvgIpc) is 3.29. The first-order valence-electron chi connectivity index (χ1n) is 8.31. The van der Waals surface area contributed by atoms with Crippen molar-refractivity contribution >= 4 is 23.8 Å². The van der Waals surface area contributed by atoms with Gasteiger partial charge >= 0.3 is 6.16 Å². The van der Waals surface area contributed by atoms with Gasteiger partial charge in [0.05, 0.1) is 19.1 Å².